The van der Waals surface area contributed by atoms with Crippen molar-refractivity contribution in [1.29, 1.82) is 0 Å². The highest BCUT2D eigenvalue weighted by Crippen LogP contribution is 1.97. The van der Waals surface area contributed by atoms with E-state index in [2.05, 4.69) is 4.74 Å². The number of aliphatic carboxylic acids is 2. The molecular formula is C8H12O7. The molecule has 86 valence electrons. The predicted octanol–water partition coefficient (Wildman–Crippen LogP) is -0.935. The number of aliphatic hydroxyl groups is 1. The number of carboxylic acid groups (broad SMARTS) is 2. The molecule has 0 rings (SSSR count). The van der Waals surface area contributed by atoms with Gasteiger partial charge in [-0.2, -0.15) is 0 Å². The van der Waals surface area contributed by atoms with Crippen LogP contribution < -0.4 is 0 Å². The molecule has 15 heavy (non-hydrogen) atoms. The van der Waals surface area contributed by atoms with Crippen molar-refractivity contribution in [2.75, 3.05) is 26.4 Å². The van der Waals surface area contributed by atoms with Crippen LogP contribution in [0.3, 0.4) is 0 Å². The maximum Gasteiger partial charge on any atom is 0.371 e. The van der Waals surface area contributed by atoms with Crippen LogP contribution in [0.4, 0.5) is 0 Å². The van der Waals surface area contributed by atoms with E-state index in [1.807, 2.05) is 0 Å². The van der Waals surface area contributed by atoms with Crippen molar-refractivity contribution in [3.05, 3.63) is 11.8 Å². The van der Waals surface area contributed by atoms with Gasteiger partial charge in [-0.15, -0.1) is 0 Å². The first-order valence-electron chi connectivity index (χ1n) is 4.07. The molecule has 0 heterocycles. The van der Waals surface area contributed by atoms with E-state index < -0.39 is 17.7 Å². The van der Waals surface area contributed by atoms with Gasteiger partial charge < -0.3 is 24.8 Å². The van der Waals surface area contributed by atoms with Gasteiger partial charge in [-0.1, -0.05) is 0 Å². The summed E-state index contributed by atoms with van der Waals surface area (Å²) in [6, 6.07) is 0. The molecule has 0 saturated heterocycles. The topological polar surface area (TPSA) is 113 Å². The summed E-state index contributed by atoms with van der Waals surface area (Å²) in [5.74, 6) is -3.52. The molecule has 0 bridgehead atoms. The van der Waals surface area contributed by atoms with Crippen LogP contribution in [0.25, 0.3) is 0 Å². The Labute approximate surface area is 85.5 Å². The minimum atomic E-state index is -1.46. The highest BCUT2D eigenvalue weighted by Gasteiger charge is 2.10. The quantitative estimate of drug-likeness (QED) is 0.275. The fourth-order valence-electron chi connectivity index (χ4n) is 0.654. The highest BCUT2D eigenvalue weighted by atomic mass is 16.5. The van der Waals surface area contributed by atoms with Crippen LogP contribution in [0.2, 0.25) is 0 Å². The van der Waals surface area contributed by atoms with E-state index in [-0.39, 0.29) is 26.4 Å². The molecule has 0 aromatic carbocycles. The molecule has 3 N–H and O–H groups in total. The average molecular weight is 220 g/mol. The third-order valence-corrected chi connectivity index (χ3v) is 1.19. The molecular weight excluding hydrogens is 208 g/mol. The molecule has 0 amide bonds. The first-order chi connectivity index (χ1) is 7.07. The largest absolute Gasteiger partial charge is 0.484 e. The van der Waals surface area contributed by atoms with Gasteiger partial charge in [0.1, 0.15) is 6.61 Å². The smallest absolute Gasteiger partial charge is 0.371 e. The molecule has 0 atom stereocenters. The summed E-state index contributed by atoms with van der Waals surface area (Å²) in [6.45, 7) is -0.0403. The first-order valence-corrected chi connectivity index (χ1v) is 4.07. The van der Waals surface area contributed by atoms with Gasteiger partial charge in [0.2, 0.25) is 5.76 Å². The van der Waals surface area contributed by atoms with E-state index in [0.717, 1.165) is 0 Å². The number of hydrogen-bond donors (Lipinski definition) is 3. The van der Waals surface area contributed by atoms with Crippen LogP contribution in [0.15, 0.2) is 11.8 Å². The van der Waals surface area contributed by atoms with E-state index in [0.29, 0.717) is 6.08 Å². The van der Waals surface area contributed by atoms with Gasteiger partial charge in [0.15, 0.2) is 0 Å². The molecule has 0 aliphatic carbocycles. The molecule has 0 unspecified atom stereocenters. The number of hydrogen-bond acceptors (Lipinski definition) is 5. The second-order valence-electron chi connectivity index (χ2n) is 2.34. The van der Waals surface area contributed by atoms with Crippen molar-refractivity contribution in [1.82, 2.24) is 0 Å². The maximum absolute atomic E-state index is 10.4. The molecule has 0 radical (unpaired) electrons. The summed E-state index contributed by atoms with van der Waals surface area (Å²) in [5, 5.41) is 25.1. The molecule has 0 saturated carbocycles. The van der Waals surface area contributed by atoms with Crippen LogP contribution >= 0.6 is 0 Å². The fourth-order valence-corrected chi connectivity index (χ4v) is 0.654. The lowest BCUT2D eigenvalue weighted by atomic mass is 10.4. The van der Waals surface area contributed by atoms with E-state index >= 15 is 0 Å². The van der Waals surface area contributed by atoms with Gasteiger partial charge in [0, 0.05) is 0 Å². The lowest BCUT2D eigenvalue weighted by Gasteiger charge is -2.05. The second kappa shape index (κ2) is 7.77. The Morgan fingerprint density at radius 2 is 1.80 bits per heavy atom. The summed E-state index contributed by atoms with van der Waals surface area (Å²) in [4.78, 5) is 20.6. The number of carbonyl (C=O) groups is 2. The molecule has 7 heteroatoms. The van der Waals surface area contributed by atoms with Crippen molar-refractivity contribution in [3.8, 4) is 0 Å². The van der Waals surface area contributed by atoms with Gasteiger partial charge in [-0.25, -0.2) is 9.59 Å². The zero-order chi connectivity index (χ0) is 11.7. The van der Waals surface area contributed by atoms with Crippen LogP contribution in [-0.2, 0) is 19.1 Å². The molecule has 0 spiro atoms. The van der Waals surface area contributed by atoms with Crippen molar-refractivity contribution in [3.63, 3.8) is 0 Å². The van der Waals surface area contributed by atoms with Crippen LogP contribution in [0.1, 0.15) is 0 Å². The predicted molar refractivity (Wildman–Crippen MR) is 47.2 cm³/mol. The van der Waals surface area contributed by atoms with E-state index in [9.17, 15) is 9.59 Å². The van der Waals surface area contributed by atoms with Crippen molar-refractivity contribution < 1.29 is 34.4 Å². The third kappa shape index (κ3) is 7.47. The van der Waals surface area contributed by atoms with E-state index in [4.69, 9.17) is 20.1 Å². The zero-order valence-electron chi connectivity index (χ0n) is 7.88. The summed E-state index contributed by atoms with van der Waals surface area (Å²) in [7, 11) is 0. The van der Waals surface area contributed by atoms with Crippen LogP contribution in [0.5, 0.6) is 0 Å². The number of ether oxygens (including phenoxy) is 2. The zero-order valence-corrected chi connectivity index (χ0v) is 7.88. The minimum Gasteiger partial charge on any atom is -0.484 e. The van der Waals surface area contributed by atoms with Gasteiger partial charge in [-0.3, -0.25) is 0 Å². The first kappa shape index (κ1) is 13.4. The Morgan fingerprint density at radius 1 is 1.13 bits per heavy atom. The number of aliphatic hydroxyl groups excluding tert-OH is 1. The average Bonchev–Trinajstić information content (AvgIpc) is 2.15. The number of carboxylic acids is 2. The minimum absolute atomic E-state index is 0.0742. The molecule has 0 aromatic heterocycles. The Bertz CT molecular complexity index is 245. The molecule has 0 aliphatic rings. The van der Waals surface area contributed by atoms with Gasteiger partial charge in [0.05, 0.1) is 25.9 Å². The summed E-state index contributed by atoms with van der Waals surface area (Å²) >= 11 is 0. The lowest BCUT2D eigenvalue weighted by molar-refractivity contribution is -0.138. The second-order valence-corrected chi connectivity index (χ2v) is 2.34. The SMILES string of the molecule is O=C(O)/C=C(/OCCOCCO)C(=O)O. The molecule has 0 fully saturated rings. The van der Waals surface area contributed by atoms with E-state index in [1.165, 1.54) is 0 Å². The van der Waals surface area contributed by atoms with Gasteiger partial charge in [-0.05, 0) is 0 Å². The number of rotatable bonds is 8. The normalized spacial score (nSPS) is 11.1. The van der Waals surface area contributed by atoms with Crippen molar-refractivity contribution >= 4 is 11.9 Å². The standard InChI is InChI=1S/C8H12O7/c9-1-2-14-3-4-15-6(8(12)13)5-7(10)11/h5,9H,1-4H2,(H,10,11)(H,12,13)/b6-5+. The maximum atomic E-state index is 10.4. The van der Waals surface area contributed by atoms with Crippen molar-refractivity contribution in [2.45, 2.75) is 0 Å². The van der Waals surface area contributed by atoms with Crippen LogP contribution in [-0.4, -0.2) is 53.7 Å². The highest BCUT2D eigenvalue weighted by molar-refractivity contribution is 5.92. The Kier molecular flexibility index (Phi) is 6.94. The Morgan fingerprint density at radius 3 is 2.27 bits per heavy atom. The summed E-state index contributed by atoms with van der Waals surface area (Å²) in [6.07, 6.45) is 0.453. The Balaban J connectivity index is 3.88. The van der Waals surface area contributed by atoms with Gasteiger partial charge in [0.25, 0.3) is 0 Å². The van der Waals surface area contributed by atoms with Crippen molar-refractivity contribution in [2.24, 2.45) is 0 Å². The fraction of sp³-hybridized carbons (Fsp3) is 0.500. The summed E-state index contributed by atoms with van der Waals surface area (Å²) < 4.78 is 9.41. The van der Waals surface area contributed by atoms with Gasteiger partial charge >= 0.3 is 11.9 Å². The molecule has 0 aliphatic heterocycles. The van der Waals surface area contributed by atoms with Crippen LogP contribution in [0, 0.1) is 0 Å². The molecule has 0 aromatic rings. The monoisotopic (exact) mass is 220 g/mol. The van der Waals surface area contributed by atoms with E-state index in [1.54, 1.807) is 0 Å². The lowest BCUT2D eigenvalue weighted by Crippen LogP contribution is -2.12. The molecule has 7 nitrogen and oxygen atoms in total. The Hall–Kier alpha value is -1.60. The summed E-state index contributed by atoms with van der Waals surface area (Å²) in [5.41, 5.74) is 0. The third-order valence-electron chi connectivity index (χ3n) is 1.19.